The van der Waals surface area contributed by atoms with E-state index in [0.29, 0.717) is 18.1 Å². The number of para-hydroxylation sites is 1. The van der Waals surface area contributed by atoms with E-state index >= 15 is 0 Å². The van der Waals surface area contributed by atoms with Crippen LogP contribution in [0.5, 0.6) is 5.75 Å². The summed E-state index contributed by atoms with van der Waals surface area (Å²) < 4.78 is 11.2. The van der Waals surface area contributed by atoms with Crippen molar-refractivity contribution in [3.05, 3.63) is 36.0 Å². The number of hydrogen-bond donors (Lipinski definition) is 1. The molecule has 1 aliphatic carbocycles. The largest absolute Gasteiger partial charge is 0.493 e. The number of nitrogens with one attached hydrogen (secondary N) is 1. The molecule has 24 heavy (non-hydrogen) atoms. The van der Waals surface area contributed by atoms with Crippen molar-refractivity contribution in [2.75, 3.05) is 6.61 Å². The third kappa shape index (κ3) is 3.96. The maximum atomic E-state index is 12.2. The predicted octanol–water partition coefficient (Wildman–Crippen LogP) is 4.19. The Morgan fingerprint density at radius 2 is 2.17 bits per heavy atom. The van der Waals surface area contributed by atoms with Crippen molar-refractivity contribution in [2.45, 2.75) is 51.5 Å². The van der Waals surface area contributed by atoms with Gasteiger partial charge in [0.25, 0.3) is 5.91 Å². The quantitative estimate of drug-likeness (QED) is 0.738. The number of ether oxygens (including phenoxy) is 1. The van der Waals surface area contributed by atoms with Gasteiger partial charge in [-0.15, -0.1) is 0 Å². The molecule has 0 aliphatic heterocycles. The lowest BCUT2D eigenvalue weighted by Gasteiger charge is -2.25. The number of hydrogen-bond acceptors (Lipinski definition) is 4. The normalized spacial score (nSPS) is 14.2. The van der Waals surface area contributed by atoms with E-state index in [-0.39, 0.29) is 11.9 Å². The molecule has 3 rings (SSSR count). The summed E-state index contributed by atoms with van der Waals surface area (Å²) in [6.07, 6.45) is 6.60. The van der Waals surface area contributed by atoms with Crippen molar-refractivity contribution in [1.29, 1.82) is 0 Å². The monoisotopic (exact) mass is 328 g/mol. The van der Waals surface area contributed by atoms with Gasteiger partial charge >= 0.3 is 0 Å². The molecule has 1 N–H and O–H groups in total. The van der Waals surface area contributed by atoms with Crippen LogP contribution < -0.4 is 10.1 Å². The molecule has 128 valence electrons. The van der Waals surface area contributed by atoms with Gasteiger partial charge in [0.2, 0.25) is 0 Å². The van der Waals surface area contributed by atoms with Crippen LogP contribution in [0.15, 0.2) is 34.9 Å². The number of carbonyl (C=O) groups excluding carboxylic acids is 1. The molecule has 1 aliphatic rings. The summed E-state index contributed by atoms with van der Waals surface area (Å²) >= 11 is 0. The lowest BCUT2D eigenvalue weighted by Crippen LogP contribution is -2.39. The zero-order valence-corrected chi connectivity index (χ0v) is 14.1. The van der Waals surface area contributed by atoms with Crippen molar-refractivity contribution in [1.82, 2.24) is 10.5 Å². The first-order valence-corrected chi connectivity index (χ1v) is 8.77. The molecule has 0 bridgehead atoms. The first kappa shape index (κ1) is 16.6. The van der Waals surface area contributed by atoms with Crippen LogP contribution in [0.4, 0.5) is 0 Å². The van der Waals surface area contributed by atoms with Crippen LogP contribution in [0.3, 0.4) is 0 Å². The summed E-state index contributed by atoms with van der Waals surface area (Å²) in [4.78, 5) is 12.2. The fourth-order valence-electron chi connectivity index (χ4n) is 2.65. The Kier molecular flexibility index (Phi) is 5.51. The number of nitrogens with zero attached hydrogens (tertiary/aromatic N) is 1. The van der Waals surface area contributed by atoms with Crippen molar-refractivity contribution < 1.29 is 14.1 Å². The van der Waals surface area contributed by atoms with Gasteiger partial charge in [-0.3, -0.25) is 4.79 Å². The molecule has 2 aromatic rings. The zero-order chi connectivity index (χ0) is 16.8. The Balaban J connectivity index is 1.68. The van der Waals surface area contributed by atoms with Crippen LogP contribution in [0.25, 0.3) is 11.3 Å². The maximum absolute atomic E-state index is 12.2. The number of rotatable bonds is 8. The summed E-state index contributed by atoms with van der Waals surface area (Å²) in [6, 6.07) is 9.65. The predicted molar refractivity (Wildman–Crippen MR) is 92.1 cm³/mol. The number of aromatic nitrogens is 1. The summed E-state index contributed by atoms with van der Waals surface area (Å²) in [5.41, 5.74) is 1.14. The number of benzene rings is 1. The molecule has 0 atom stereocenters. The van der Waals surface area contributed by atoms with Gasteiger partial charge in [0, 0.05) is 12.1 Å². The van der Waals surface area contributed by atoms with Gasteiger partial charge in [0.05, 0.1) is 12.2 Å². The maximum Gasteiger partial charge on any atom is 0.273 e. The average molecular weight is 328 g/mol. The second kappa shape index (κ2) is 7.99. The van der Waals surface area contributed by atoms with E-state index in [9.17, 15) is 4.79 Å². The third-order valence-corrected chi connectivity index (χ3v) is 4.34. The first-order chi connectivity index (χ1) is 11.8. The van der Waals surface area contributed by atoms with Gasteiger partial charge in [-0.05, 0) is 37.8 Å². The molecule has 0 radical (unpaired) electrons. The van der Waals surface area contributed by atoms with Crippen LogP contribution in [0, 0.1) is 0 Å². The third-order valence-electron chi connectivity index (χ3n) is 4.34. The molecule has 1 fully saturated rings. The second-order valence-electron chi connectivity index (χ2n) is 6.23. The molecule has 1 amide bonds. The molecular formula is C19H24N2O3. The van der Waals surface area contributed by atoms with Crippen molar-refractivity contribution in [2.24, 2.45) is 0 Å². The SMILES string of the molecule is CCCCCOc1ccccc1-c1cc(C(=O)NC2CCC2)no1. The van der Waals surface area contributed by atoms with Gasteiger partial charge in [-0.1, -0.05) is 37.1 Å². The molecule has 0 spiro atoms. The van der Waals surface area contributed by atoms with Gasteiger partial charge < -0.3 is 14.6 Å². The highest BCUT2D eigenvalue weighted by Gasteiger charge is 2.22. The van der Waals surface area contributed by atoms with Crippen LogP contribution in [-0.2, 0) is 0 Å². The van der Waals surface area contributed by atoms with Crippen molar-refractivity contribution in [3.8, 4) is 17.1 Å². The lowest BCUT2D eigenvalue weighted by atomic mass is 9.93. The zero-order valence-electron chi connectivity index (χ0n) is 14.1. The van der Waals surface area contributed by atoms with Crippen LogP contribution in [-0.4, -0.2) is 23.7 Å². The minimum absolute atomic E-state index is 0.170. The van der Waals surface area contributed by atoms with E-state index in [2.05, 4.69) is 17.4 Å². The first-order valence-electron chi connectivity index (χ1n) is 8.77. The van der Waals surface area contributed by atoms with Crippen molar-refractivity contribution >= 4 is 5.91 Å². The van der Waals surface area contributed by atoms with E-state index in [1.165, 1.54) is 6.42 Å². The highest BCUT2D eigenvalue weighted by atomic mass is 16.5. The molecule has 1 aromatic carbocycles. The lowest BCUT2D eigenvalue weighted by molar-refractivity contribution is 0.0908. The Hall–Kier alpha value is -2.30. The fraction of sp³-hybridized carbons (Fsp3) is 0.474. The molecule has 0 unspecified atom stereocenters. The number of unbranched alkanes of at least 4 members (excludes halogenated alkanes) is 2. The van der Waals surface area contributed by atoms with Gasteiger partial charge in [0.15, 0.2) is 11.5 Å². The van der Waals surface area contributed by atoms with E-state index in [4.69, 9.17) is 9.26 Å². The Morgan fingerprint density at radius 3 is 2.92 bits per heavy atom. The van der Waals surface area contributed by atoms with Gasteiger partial charge in [-0.25, -0.2) is 0 Å². The minimum atomic E-state index is -0.170. The number of amides is 1. The Labute approximate surface area is 142 Å². The Bertz CT molecular complexity index is 677. The molecule has 1 aromatic heterocycles. The van der Waals surface area contributed by atoms with Gasteiger partial charge in [0.1, 0.15) is 5.75 Å². The molecule has 1 heterocycles. The number of carbonyl (C=O) groups is 1. The average Bonchev–Trinajstić information content (AvgIpc) is 3.05. The highest BCUT2D eigenvalue weighted by Crippen LogP contribution is 2.30. The molecule has 1 saturated carbocycles. The van der Waals surface area contributed by atoms with E-state index in [1.54, 1.807) is 6.07 Å². The van der Waals surface area contributed by atoms with Crippen molar-refractivity contribution in [3.63, 3.8) is 0 Å². The highest BCUT2D eigenvalue weighted by molar-refractivity contribution is 5.93. The van der Waals surface area contributed by atoms with Crippen LogP contribution in [0.2, 0.25) is 0 Å². The molecule has 5 nitrogen and oxygen atoms in total. The van der Waals surface area contributed by atoms with Crippen LogP contribution in [0.1, 0.15) is 55.9 Å². The molecule has 0 saturated heterocycles. The summed E-state index contributed by atoms with van der Waals surface area (Å²) in [5.74, 6) is 1.15. The summed E-state index contributed by atoms with van der Waals surface area (Å²) in [5, 5.41) is 6.88. The topological polar surface area (TPSA) is 64.4 Å². The standard InChI is InChI=1S/C19H24N2O3/c1-2-3-6-12-23-17-11-5-4-10-15(17)18-13-16(21-24-18)19(22)20-14-8-7-9-14/h4-5,10-11,13-14H,2-3,6-9,12H2,1H3,(H,20,22). The van der Waals surface area contributed by atoms with E-state index < -0.39 is 0 Å². The van der Waals surface area contributed by atoms with Gasteiger partial charge in [-0.2, -0.15) is 0 Å². The second-order valence-corrected chi connectivity index (χ2v) is 6.23. The minimum Gasteiger partial charge on any atom is -0.493 e. The molecular weight excluding hydrogens is 304 g/mol. The van der Waals surface area contributed by atoms with E-state index in [1.807, 2.05) is 24.3 Å². The summed E-state index contributed by atoms with van der Waals surface area (Å²) in [6.45, 7) is 2.84. The van der Waals surface area contributed by atoms with E-state index in [0.717, 1.165) is 43.4 Å². The molecule has 5 heteroatoms. The summed E-state index contributed by atoms with van der Waals surface area (Å²) in [7, 11) is 0. The fourth-order valence-corrected chi connectivity index (χ4v) is 2.65. The Morgan fingerprint density at radius 1 is 1.33 bits per heavy atom. The smallest absolute Gasteiger partial charge is 0.273 e. The van der Waals surface area contributed by atoms with Crippen LogP contribution >= 0.6 is 0 Å².